The second-order valence-corrected chi connectivity index (χ2v) is 7.74. The van der Waals surface area contributed by atoms with E-state index < -0.39 is 0 Å². The molecule has 1 saturated heterocycles. The number of aromatic nitrogens is 1. The average Bonchev–Trinajstić information content (AvgIpc) is 3.16. The molecule has 5 heteroatoms. The van der Waals surface area contributed by atoms with Gasteiger partial charge in [0.05, 0.1) is 12.2 Å². The molecule has 0 unspecified atom stereocenters. The number of rotatable bonds is 8. The van der Waals surface area contributed by atoms with Crippen molar-refractivity contribution in [1.29, 1.82) is 0 Å². The highest BCUT2D eigenvalue weighted by Crippen LogP contribution is 2.19. The first-order valence-electron chi connectivity index (χ1n) is 10.3. The zero-order valence-electron chi connectivity index (χ0n) is 17.1. The minimum Gasteiger partial charge on any atom is -0.338 e. The Kier molecular flexibility index (Phi) is 7.43. The number of urea groups is 1. The number of aryl methyl sites for hydroxylation is 1. The maximum Gasteiger partial charge on any atom is 0.317 e. The Labute approximate surface area is 168 Å². The fourth-order valence-electron chi connectivity index (χ4n) is 3.80. The highest BCUT2D eigenvalue weighted by Gasteiger charge is 2.24. The van der Waals surface area contributed by atoms with Gasteiger partial charge in [0.25, 0.3) is 0 Å². The summed E-state index contributed by atoms with van der Waals surface area (Å²) in [5.74, 6) is 0.520. The number of hydrogen-bond donors (Lipinski definition) is 1. The number of hydrogen-bond acceptors (Lipinski definition) is 3. The monoisotopic (exact) mass is 380 g/mol. The molecule has 2 heterocycles. The number of amides is 2. The Morgan fingerprint density at radius 2 is 2.07 bits per heavy atom. The Hall–Kier alpha value is -2.40. The summed E-state index contributed by atoms with van der Waals surface area (Å²) in [5, 5.41) is 3.16. The minimum atomic E-state index is 0.0184. The Balaban J connectivity index is 1.46. The van der Waals surface area contributed by atoms with Crippen LogP contribution >= 0.6 is 0 Å². The van der Waals surface area contributed by atoms with Gasteiger partial charge in [-0.25, -0.2) is 4.79 Å². The van der Waals surface area contributed by atoms with E-state index in [-0.39, 0.29) is 6.03 Å². The molecule has 1 aliphatic heterocycles. The fourth-order valence-corrected chi connectivity index (χ4v) is 3.80. The van der Waals surface area contributed by atoms with E-state index in [1.807, 2.05) is 23.1 Å². The number of benzene rings is 1. The number of carbonyl (C=O) groups is 1. The molecule has 0 radical (unpaired) electrons. The molecular formula is C23H32N4O. The molecule has 0 aliphatic carbocycles. The molecule has 5 nitrogen and oxygen atoms in total. The van der Waals surface area contributed by atoms with Crippen LogP contribution in [0.4, 0.5) is 4.79 Å². The summed E-state index contributed by atoms with van der Waals surface area (Å²) >= 11 is 0. The van der Waals surface area contributed by atoms with Gasteiger partial charge in [-0.2, -0.15) is 0 Å². The van der Waals surface area contributed by atoms with Gasteiger partial charge in [-0.15, -0.1) is 0 Å². The van der Waals surface area contributed by atoms with E-state index >= 15 is 0 Å². The molecule has 3 rings (SSSR count). The van der Waals surface area contributed by atoms with Gasteiger partial charge < -0.3 is 10.2 Å². The predicted octanol–water partition coefficient (Wildman–Crippen LogP) is 3.83. The van der Waals surface area contributed by atoms with Gasteiger partial charge >= 0.3 is 6.03 Å². The first-order valence-corrected chi connectivity index (χ1v) is 10.3. The van der Waals surface area contributed by atoms with E-state index in [1.54, 1.807) is 6.20 Å². The molecule has 1 aromatic carbocycles. The fraction of sp³-hybridized carbons (Fsp3) is 0.478. The van der Waals surface area contributed by atoms with Crippen LogP contribution in [0, 0.1) is 12.8 Å². The lowest BCUT2D eigenvalue weighted by Crippen LogP contribution is -2.42. The van der Waals surface area contributed by atoms with Gasteiger partial charge in [0.15, 0.2) is 0 Å². The summed E-state index contributed by atoms with van der Waals surface area (Å²) in [6.07, 6.45) is 3.85. The van der Waals surface area contributed by atoms with Crippen LogP contribution in [0.25, 0.3) is 0 Å². The highest BCUT2D eigenvalue weighted by molar-refractivity contribution is 5.74. The molecule has 1 fully saturated rings. The van der Waals surface area contributed by atoms with Crippen molar-refractivity contribution in [2.45, 2.75) is 39.8 Å². The number of carbonyl (C=O) groups excluding carboxylic acids is 1. The Morgan fingerprint density at radius 3 is 2.82 bits per heavy atom. The van der Waals surface area contributed by atoms with Crippen molar-refractivity contribution in [1.82, 2.24) is 20.1 Å². The summed E-state index contributed by atoms with van der Waals surface area (Å²) < 4.78 is 0. The SMILES string of the molecule is CCCN(Cc1ccccn1)C(=O)NC[C@H]1CCN(Cc2ccccc2C)C1. The van der Waals surface area contributed by atoms with Crippen LogP contribution in [0.15, 0.2) is 48.7 Å². The van der Waals surface area contributed by atoms with Gasteiger partial charge in [-0.05, 0) is 55.5 Å². The lowest BCUT2D eigenvalue weighted by Gasteiger charge is -2.23. The van der Waals surface area contributed by atoms with Gasteiger partial charge in [0.1, 0.15) is 0 Å². The molecule has 1 atom stereocenters. The van der Waals surface area contributed by atoms with E-state index in [1.165, 1.54) is 11.1 Å². The second kappa shape index (κ2) is 10.2. The summed E-state index contributed by atoms with van der Waals surface area (Å²) in [5.41, 5.74) is 3.68. The van der Waals surface area contributed by atoms with Crippen LogP contribution in [-0.4, -0.2) is 47.0 Å². The standard InChI is InChI=1S/C23H32N4O/c1-3-13-27(18-22-10-6-7-12-24-22)23(28)25-15-20-11-14-26(16-20)17-21-9-5-4-8-19(21)2/h4-10,12,20H,3,11,13-18H2,1-2H3,(H,25,28)/t20-/m1/s1. The molecule has 1 N–H and O–H groups in total. The van der Waals surface area contributed by atoms with Crippen molar-refractivity contribution in [3.63, 3.8) is 0 Å². The van der Waals surface area contributed by atoms with E-state index in [2.05, 4.69) is 53.3 Å². The minimum absolute atomic E-state index is 0.0184. The molecular weight excluding hydrogens is 348 g/mol. The Morgan fingerprint density at radius 1 is 1.25 bits per heavy atom. The smallest absolute Gasteiger partial charge is 0.317 e. The van der Waals surface area contributed by atoms with Crippen LogP contribution in [0.3, 0.4) is 0 Å². The normalized spacial score (nSPS) is 16.9. The van der Waals surface area contributed by atoms with Crippen molar-refractivity contribution in [2.75, 3.05) is 26.2 Å². The third kappa shape index (κ3) is 5.80. The number of likely N-dealkylation sites (tertiary alicyclic amines) is 1. The summed E-state index contributed by atoms with van der Waals surface area (Å²) in [7, 11) is 0. The van der Waals surface area contributed by atoms with Crippen molar-refractivity contribution in [3.8, 4) is 0 Å². The van der Waals surface area contributed by atoms with Crippen molar-refractivity contribution in [2.24, 2.45) is 5.92 Å². The zero-order valence-corrected chi connectivity index (χ0v) is 17.1. The topological polar surface area (TPSA) is 48.5 Å². The first-order chi connectivity index (χ1) is 13.7. The zero-order chi connectivity index (χ0) is 19.8. The number of pyridine rings is 1. The summed E-state index contributed by atoms with van der Waals surface area (Å²) in [6, 6.07) is 14.4. The van der Waals surface area contributed by atoms with Crippen molar-refractivity contribution in [3.05, 3.63) is 65.5 Å². The maximum absolute atomic E-state index is 12.7. The predicted molar refractivity (Wildman–Crippen MR) is 113 cm³/mol. The maximum atomic E-state index is 12.7. The number of nitrogens with zero attached hydrogens (tertiary/aromatic N) is 3. The molecule has 1 aromatic heterocycles. The highest BCUT2D eigenvalue weighted by atomic mass is 16.2. The summed E-state index contributed by atoms with van der Waals surface area (Å²) in [4.78, 5) is 21.4. The third-order valence-electron chi connectivity index (χ3n) is 5.43. The van der Waals surface area contributed by atoms with Crippen molar-refractivity contribution < 1.29 is 4.79 Å². The van der Waals surface area contributed by atoms with E-state index in [4.69, 9.17) is 0 Å². The quantitative estimate of drug-likeness (QED) is 0.757. The second-order valence-electron chi connectivity index (χ2n) is 7.74. The van der Waals surface area contributed by atoms with E-state index in [9.17, 15) is 4.79 Å². The third-order valence-corrected chi connectivity index (χ3v) is 5.43. The molecule has 1 aliphatic rings. The van der Waals surface area contributed by atoms with Gasteiger partial charge in [-0.1, -0.05) is 37.3 Å². The molecule has 150 valence electrons. The van der Waals surface area contributed by atoms with Crippen LogP contribution in [0.1, 0.15) is 36.6 Å². The molecule has 0 saturated carbocycles. The Bertz CT molecular complexity index is 749. The van der Waals surface area contributed by atoms with E-state index in [0.29, 0.717) is 12.5 Å². The average molecular weight is 381 g/mol. The van der Waals surface area contributed by atoms with Crippen LogP contribution in [0.2, 0.25) is 0 Å². The van der Waals surface area contributed by atoms with Crippen LogP contribution < -0.4 is 5.32 Å². The lowest BCUT2D eigenvalue weighted by molar-refractivity contribution is 0.192. The molecule has 2 amide bonds. The molecule has 0 spiro atoms. The van der Waals surface area contributed by atoms with Crippen molar-refractivity contribution >= 4 is 6.03 Å². The van der Waals surface area contributed by atoms with E-state index in [0.717, 1.165) is 51.3 Å². The van der Waals surface area contributed by atoms with Gasteiger partial charge in [0, 0.05) is 32.4 Å². The molecule has 2 aromatic rings. The van der Waals surface area contributed by atoms with Gasteiger partial charge in [-0.3, -0.25) is 9.88 Å². The summed E-state index contributed by atoms with van der Waals surface area (Å²) in [6.45, 7) is 9.46. The first kappa shape index (κ1) is 20.3. The lowest BCUT2D eigenvalue weighted by atomic mass is 10.1. The van der Waals surface area contributed by atoms with Crippen LogP contribution in [0.5, 0.6) is 0 Å². The largest absolute Gasteiger partial charge is 0.338 e. The number of nitrogens with one attached hydrogen (secondary N) is 1. The van der Waals surface area contributed by atoms with Crippen LogP contribution in [-0.2, 0) is 13.1 Å². The molecule has 0 bridgehead atoms. The molecule has 28 heavy (non-hydrogen) atoms. The van der Waals surface area contributed by atoms with Gasteiger partial charge in [0.2, 0.25) is 0 Å².